The van der Waals surface area contributed by atoms with Crippen LogP contribution in [0.1, 0.15) is 31.4 Å². The molecule has 0 aliphatic carbocycles. The molecule has 1 aliphatic rings. The molecule has 146 valence electrons. The van der Waals surface area contributed by atoms with Gasteiger partial charge in [0.2, 0.25) is 5.91 Å². The summed E-state index contributed by atoms with van der Waals surface area (Å²) in [5.41, 5.74) is -0.356. The van der Waals surface area contributed by atoms with Gasteiger partial charge in [0.25, 0.3) is 0 Å². The van der Waals surface area contributed by atoms with Gasteiger partial charge in [0.1, 0.15) is 11.4 Å². The van der Waals surface area contributed by atoms with Crippen molar-refractivity contribution in [3.63, 3.8) is 0 Å². The Kier molecular flexibility index (Phi) is 6.98. The average molecular weight is 378 g/mol. The molecule has 0 spiro atoms. The summed E-state index contributed by atoms with van der Waals surface area (Å²) in [5.74, 6) is -0.663. The number of likely N-dealkylation sites (tertiary alicyclic amines) is 1. The van der Waals surface area contributed by atoms with Crippen molar-refractivity contribution in [1.29, 1.82) is 0 Å². The van der Waals surface area contributed by atoms with Crippen LogP contribution in [0.5, 0.6) is 0 Å². The zero-order chi connectivity index (χ0) is 20.0. The number of amides is 2. The standard InChI is InChI=1S/C18H24BFN2O5/c1-3-16(23)22-10-4-9-18(2,12-22)27-17(24)21-15(11-19(25)26)13-5-7-14(20)8-6-13/h3,5-8,15,25-26H,1,4,9-12H2,2H3,(H,21,24). The average Bonchev–Trinajstić information content (AvgIpc) is 2.60. The fourth-order valence-electron chi connectivity index (χ4n) is 3.19. The number of nitrogens with zero attached hydrogens (tertiary/aromatic N) is 1. The summed E-state index contributed by atoms with van der Waals surface area (Å²) in [6.07, 6.45) is 1.56. The van der Waals surface area contributed by atoms with Crippen molar-refractivity contribution in [2.75, 3.05) is 13.1 Å². The molecule has 9 heteroatoms. The minimum atomic E-state index is -1.66. The van der Waals surface area contributed by atoms with Crippen LogP contribution in [0.3, 0.4) is 0 Å². The molecule has 1 heterocycles. The van der Waals surface area contributed by atoms with Crippen LogP contribution >= 0.6 is 0 Å². The highest BCUT2D eigenvalue weighted by molar-refractivity contribution is 6.41. The molecule has 1 fully saturated rings. The highest BCUT2D eigenvalue weighted by atomic mass is 19.1. The lowest BCUT2D eigenvalue weighted by atomic mass is 9.79. The van der Waals surface area contributed by atoms with Gasteiger partial charge in [0, 0.05) is 12.9 Å². The summed E-state index contributed by atoms with van der Waals surface area (Å²) in [7, 11) is -1.66. The van der Waals surface area contributed by atoms with Crippen molar-refractivity contribution in [1.82, 2.24) is 10.2 Å². The van der Waals surface area contributed by atoms with E-state index in [0.29, 0.717) is 24.9 Å². The number of piperidine rings is 1. The van der Waals surface area contributed by atoms with Crippen molar-refractivity contribution in [3.05, 3.63) is 48.3 Å². The van der Waals surface area contributed by atoms with Crippen molar-refractivity contribution in [2.24, 2.45) is 0 Å². The minimum Gasteiger partial charge on any atom is -0.441 e. The van der Waals surface area contributed by atoms with E-state index < -0.39 is 30.7 Å². The third-order valence-electron chi connectivity index (χ3n) is 4.50. The first-order valence-electron chi connectivity index (χ1n) is 8.75. The molecule has 2 atom stereocenters. The quantitative estimate of drug-likeness (QED) is 0.516. The predicted octanol–water partition coefficient (Wildman–Crippen LogP) is 1.63. The Labute approximate surface area is 158 Å². The molecule has 0 bridgehead atoms. The fraction of sp³-hybridized carbons (Fsp3) is 0.444. The molecular weight excluding hydrogens is 354 g/mol. The molecular formula is C18H24BFN2O5. The molecule has 2 rings (SSSR count). The summed E-state index contributed by atoms with van der Waals surface area (Å²) in [5, 5.41) is 21.2. The second kappa shape index (κ2) is 9.01. The molecule has 2 amide bonds. The zero-order valence-corrected chi connectivity index (χ0v) is 15.2. The molecule has 1 saturated heterocycles. The molecule has 2 unspecified atom stereocenters. The van der Waals surface area contributed by atoms with Crippen molar-refractivity contribution in [3.8, 4) is 0 Å². The predicted molar refractivity (Wildman–Crippen MR) is 98.2 cm³/mol. The van der Waals surface area contributed by atoms with Crippen LogP contribution in [0, 0.1) is 5.82 Å². The molecule has 0 aromatic heterocycles. The van der Waals surface area contributed by atoms with Crippen molar-refractivity contribution >= 4 is 19.1 Å². The van der Waals surface area contributed by atoms with Gasteiger partial charge >= 0.3 is 13.2 Å². The van der Waals surface area contributed by atoms with Crippen LogP contribution in [-0.4, -0.2) is 52.8 Å². The van der Waals surface area contributed by atoms with Gasteiger partial charge in [-0.1, -0.05) is 18.7 Å². The van der Waals surface area contributed by atoms with E-state index in [0.717, 1.165) is 0 Å². The number of hydrogen-bond donors (Lipinski definition) is 3. The van der Waals surface area contributed by atoms with Gasteiger partial charge in [-0.25, -0.2) is 9.18 Å². The maximum atomic E-state index is 13.1. The second-order valence-corrected chi connectivity index (χ2v) is 6.87. The minimum absolute atomic E-state index is 0.182. The Hall–Kier alpha value is -2.39. The second-order valence-electron chi connectivity index (χ2n) is 6.87. The SMILES string of the molecule is C=CC(=O)N1CCCC(C)(OC(=O)NC(CB(O)O)c2ccc(F)cc2)C1. The number of carbonyl (C=O) groups excluding carboxylic acids is 2. The Morgan fingerprint density at radius 3 is 2.70 bits per heavy atom. The summed E-state index contributed by atoms with van der Waals surface area (Å²) >= 11 is 0. The number of halogens is 1. The zero-order valence-electron chi connectivity index (χ0n) is 15.2. The van der Waals surface area contributed by atoms with Gasteiger partial charge in [-0.15, -0.1) is 0 Å². The lowest BCUT2D eigenvalue weighted by molar-refractivity contribution is -0.132. The smallest absolute Gasteiger partial charge is 0.441 e. The molecule has 0 saturated carbocycles. The maximum Gasteiger partial charge on any atom is 0.453 e. The first-order chi connectivity index (χ1) is 12.7. The lowest BCUT2D eigenvalue weighted by Gasteiger charge is -2.39. The van der Waals surface area contributed by atoms with Gasteiger partial charge < -0.3 is 25.0 Å². The Morgan fingerprint density at radius 1 is 1.44 bits per heavy atom. The monoisotopic (exact) mass is 378 g/mol. The summed E-state index contributed by atoms with van der Waals surface area (Å²) in [6, 6.07) is 4.59. The van der Waals surface area contributed by atoms with E-state index in [4.69, 9.17) is 4.74 Å². The molecule has 1 aliphatic heterocycles. The Morgan fingerprint density at radius 2 is 2.11 bits per heavy atom. The number of rotatable bonds is 6. The number of alkyl carbamates (subject to hydrolysis) is 1. The topological polar surface area (TPSA) is 99.1 Å². The molecule has 3 N–H and O–H groups in total. The first kappa shape index (κ1) is 20.9. The highest BCUT2D eigenvalue weighted by Gasteiger charge is 2.36. The van der Waals surface area contributed by atoms with Crippen LogP contribution in [-0.2, 0) is 9.53 Å². The van der Waals surface area contributed by atoms with E-state index in [2.05, 4.69) is 11.9 Å². The van der Waals surface area contributed by atoms with Crippen molar-refractivity contribution < 1.29 is 28.8 Å². The number of benzene rings is 1. The molecule has 7 nitrogen and oxygen atoms in total. The first-order valence-corrected chi connectivity index (χ1v) is 8.75. The molecule has 1 aromatic carbocycles. The van der Waals surface area contributed by atoms with Gasteiger partial charge in [-0.3, -0.25) is 4.79 Å². The van der Waals surface area contributed by atoms with Crippen LogP contribution in [0.15, 0.2) is 36.9 Å². The van der Waals surface area contributed by atoms with Gasteiger partial charge in [0.15, 0.2) is 0 Å². The van der Waals surface area contributed by atoms with Gasteiger partial charge in [-0.05, 0) is 43.5 Å². The molecule has 27 heavy (non-hydrogen) atoms. The number of nitrogens with one attached hydrogen (secondary N) is 1. The number of carbonyl (C=O) groups is 2. The molecule has 0 radical (unpaired) electrons. The van der Waals surface area contributed by atoms with Crippen LogP contribution < -0.4 is 5.32 Å². The highest BCUT2D eigenvalue weighted by Crippen LogP contribution is 2.26. The summed E-state index contributed by atoms with van der Waals surface area (Å²) < 4.78 is 18.7. The van der Waals surface area contributed by atoms with E-state index in [1.165, 1.54) is 30.3 Å². The largest absolute Gasteiger partial charge is 0.453 e. The third-order valence-corrected chi connectivity index (χ3v) is 4.50. The van der Waals surface area contributed by atoms with Gasteiger partial charge in [-0.2, -0.15) is 0 Å². The van der Waals surface area contributed by atoms with Crippen molar-refractivity contribution in [2.45, 2.75) is 37.7 Å². The maximum absolute atomic E-state index is 13.1. The number of hydrogen-bond acceptors (Lipinski definition) is 5. The Balaban J connectivity index is 2.04. The molecule has 1 aromatic rings. The lowest BCUT2D eigenvalue weighted by Crippen LogP contribution is -2.51. The summed E-state index contributed by atoms with van der Waals surface area (Å²) in [4.78, 5) is 25.8. The van der Waals surface area contributed by atoms with E-state index in [-0.39, 0.29) is 18.8 Å². The van der Waals surface area contributed by atoms with E-state index in [1.54, 1.807) is 11.8 Å². The Bertz CT molecular complexity index is 685. The fourth-order valence-corrected chi connectivity index (χ4v) is 3.19. The number of ether oxygens (including phenoxy) is 1. The van der Waals surface area contributed by atoms with Crippen LogP contribution in [0.4, 0.5) is 9.18 Å². The normalized spacial score (nSPS) is 20.5. The summed E-state index contributed by atoms with van der Waals surface area (Å²) in [6.45, 7) is 6.02. The van der Waals surface area contributed by atoms with Gasteiger partial charge in [0.05, 0.1) is 12.6 Å². The van der Waals surface area contributed by atoms with Crippen LogP contribution in [0.2, 0.25) is 6.32 Å². The van der Waals surface area contributed by atoms with E-state index in [1.807, 2.05) is 0 Å². The van der Waals surface area contributed by atoms with E-state index in [9.17, 15) is 24.0 Å². The third kappa shape index (κ3) is 6.08. The van der Waals surface area contributed by atoms with Crippen LogP contribution in [0.25, 0.3) is 0 Å². The van der Waals surface area contributed by atoms with E-state index >= 15 is 0 Å².